The highest BCUT2D eigenvalue weighted by atomic mass is 16.5. The van der Waals surface area contributed by atoms with Gasteiger partial charge in [0.15, 0.2) is 0 Å². The molecule has 0 aliphatic rings. The van der Waals surface area contributed by atoms with Crippen LogP contribution < -0.4 is 0 Å². The summed E-state index contributed by atoms with van der Waals surface area (Å²) < 4.78 is 4.96. The molecule has 2 nitrogen and oxygen atoms in total. The fraction of sp³-hybridized carbons (Fsp3) is 0.400. The molecule has 0 aliphatic heterocycles. The molecule has 0 aliphatic carbocycles. The Balaban J connectivity index is 3.76. The summed E-state index contributed by atoms with van der Waals surface area (Å²) in [6.07, 6.45) is 7.36. The smallest absolute Gasteiger partial charge is 0.306 e. The van der Waals surface area contributed by atoms with Gasteiger partial charge in [0, 0.05) is 6.42 Å². The van der Waals surface area contributed by atoms with Crippen LogP contribution in [0.5, 0.6) is 0 Å². The van der Waals surface area contributed by atoms with E-state index in [0.717, 1.165) is 0 Å². The zero-order valence-corrected chi connectivity index (χ0v) is 10.6. The van der Waals surface area contributed by atoms with Gasteiger partial charge in [-0.25, -0.2) is 0 Å². The van der Waals surface area contributed by atoms with Gasteiger partial charge in [0.1, 0.15) is 6.61 Å². The number of allylic oxidation sites excluding steroid dienone is 3. The van der Waals surface area contributed by atoms with Crippen molar-refractivity contribution < 1.29 is 9.53 Å². The van der Waals surface area contributed by atoms with Crippen molar-refractivity contribution in [3.05, 3.63) is 24.3 Å². The summed E-state index contributed by atoms with van der Waals surface area (Å²) >= 11 is 0. The molecule has 0 unspecified atom stereocenters. The molecular formula is C15H18O2. The molecule has 0 heterocycles. The zero-order valence-electron chi connectivity index (χ0n) is 10.6. The molecule has 17 heavy (non-hydrogen) atoms. The molecule has 0 aromatic heterocycles. The van der Waals surface area contributed by atoms with Crippen molar-refractivity contribution in [1.82, 2.24) is 0 Å². The van der Waals surface area contributed by atoms with Crippen LogP contribution in [-0.2, 0) is 9.53 Å². The van der Waals surface area contributed by atoms with Gasteiger partial charge in [-0.05, 0) is 42.9 Å². The lowest BCUT2D eigenvalue weighted by Gasteiger charge is -2.03. The van der Waals surface area contributed by atoms with Crippen LogP contribution in [0.1, 0.15) is 27.2 Å². The largest absolute Gasteiger partial charge is 0.461 e. The Labute approximate surface area is 104 Å². The molecule has 0 bridgehead atoms. The van der Waals surface area contributed by atoms with E-state index in [1.807, 2.05) is 26.8 Å². The minimum absolute atomic E-state index is 0.175. The average molecular weight is 230 g/mol. The summed E-state index contributed by atoms with van der Waals surface area (Å²) in [5.74, 6) is 10.9. The Morgan fingerprint density at radius 1 is 1.24 bits per heavy atom. The van der Waals surface area contributed by atoms with Crippen molar-refractivity contribution in [2.75, 3.05) is 6.61 Å². The van der Waals surface area contributed by atoms with E-state index in [9.17, 15) is 4.79 Å². The molecular weight excluding hydrogens is 212 g/mol. The maximum Gasteiger partial charge on any atom is 0.306 e. The van der Waals surface area contributed by atoms with Crippen LogP contribution >= 0.6 is 0 Å². The van der Waals surface area contributed by atoms with Crippen LogP contribution in [0.4, 0.5) is 0 Å². The maximum absolute atomic E-state index is 11.1. The Hall–Kier alpha value is -1.93. The van der Waals surface area contributed by atoms with Gasteiger partial charge in [0.05, 0.1) is 0 Å². The summed E-state index contributed by atoms with van der Waals surface area (Å²) in [6.45, 7) is 6.12. The maximum atomic E-state index is 11.1. The average Bonchev–Trinajstić information content (AvgIpc) is 2.26. The van der Waals surface area contributed by atoms with E-state index >= 15 is 0 Å². The van der Waals surface area contributed by atoms with E-state index in [1.54, 1.807) is 18.2 Å². The first-order valence-corrected chi connectivity index (χ1v) is 5.59. The predicted octanol–water partition coefficient (Wildman–Crippen LogP) is 2.71. The van der Waals surface area contributed by atoms with Gasteiger partial charge in [0.2, 0.25) is 0 Å². The van der Waals surface area contributed by atoms with Crippen LogP contribution in [0, 0.1) is 29.6 Å². The van der Waals surface area contributed by atoms with E-state index in [1.165, 1.54) is 0 Å². The van der Waals surface area contributed by atoms with Gasteiger partial charge in [-0.3, -0.25) is 4.79 Å². The van der Waals surface area contributed by atoms with Crippen LogP contribution in [0.3, 0.4) is 0 Å². The molecule has 0 amide bonds. The lowest BCUT2D eigenvalue weighted by Crippen LogP contribution is -2.07. The third-order valence-electron chi connectivity index (χ3n) is 1.57. The van der Waals surface area contributed by atoms with Crippen LogP contribution in [0.2, 0.25) is 0 Å². The minimum Gasteiger partial charge on any atom is -0.461 e. The van der Waals surface area contributed by atoms with Gasteiger partial charge >= 0.3 is 5.97 Å². The highest BCUT2D eigenvalue weighted by Gasteiger charge is 2.03. The van der Waals surface area contributed by atoms with Gasteiger partial charge in [0.25, 0.3) is 0 Å². The SMILES string of the molecule is CC=CC#CC#CC=CCOC(=O)CC(C)C. The third kappa shape index (κ3) is 12.0. The third-order valence-corrected chi connectivity index (χ3v) is 1.57. The predicted molar refractivity (Wildman–Crippen MR) is 69.9 cm³/mol. The van der Waals surface area contributed by atoms with Crippen molar-refractivity contribution >= 4 is 5.97 Å². The highest BCUT2D eigenvalue weighted by molar-refractivity contribution is 5.69. The topological polar surface area (TPSA) is 26.3 Å². The fourth-order valence-electron chi connectivity index (χ4n) is 0.879. The Morgan fingerprint density at radius 3 is 2.47 bits per heavy atom. The molecule has 0 atom stereocenters. The second-order valence-corrected chi connectivity index (χ2v) is 3.72. The molecule has 0 radical (unpaired) electrons. The van der Waals surface area contributed by atoms with Gasteiger partial charge in [-0.15, -0.1) is 0 Å². The Kier molecular flexibility index (Phi) is 9.38. The minimum atomic E-state index is -0.175. The summed E-state index contributed by atoms with van der Waals surface area (Å²) in [6, 6.07) is 0. The summed E-state index contributed by atoms with van der Waals surface area (Å²) in [7, 11) is 0. The second kappa shape index (κ2) is 10.6. The Bertz CT molecular complexity index is 392. The van der Waals surface area contributed by atoms with E-state index in [4.69, 9.17) is 4.74 Å². The number of carbonyl (C=O) groups excluding carboxylic acids is 1. The van der Waals surface area contributed by atoms with Crippen LogP contribution in [0.15, 0.2) is 24.3 Å². The molecule has 90 valence electrons. The number of rotatable bonds is 4. The van der Waals surface area contributed by atoms with E-state index in [2.05, 4.69) is 23.7 Å². The molecule has 0 N–H and O–H groups in total. The first kappa shape index (κ1) is 15.1. The molecule has 0 aromatic rings. The monoisotopic (exact) mass is 230 g/mol. The van der Waals surface area contributed by atoms with Crippen molar-refractivity contribution in [3.8, 4) is 23.7 Å². The number of ether oxygens (including phenoxy) is 1. The first-order valence-electron chi connectivity index (χ1n) is 5.59. The zero-order chi connectivity index (χ0) is 12.9. The fourth-order valence-corrected chi connectivity index (χ4v) is 0.879. The molecule has 0 spiro atoms. The van der Waals surface area contributed by atoms with Crippen molar-refractivity contribution in [2.24, 2.45) is 5.92 Å². The Morgan fingerprint density at radius 2 is 1.88 bits per heavy atom. The first-order chi connectivity index (χ1) is 8.16. The van der Waals surface area contributed by atoms with Crippen molar-refractivity contribution in [1.29, 1.82) is 0 Å². The molecule has 0 fully saturated rings. The second-order valence-electron chi connectivity index (χ2n) is 3.72. The van der Waals surface area contributed by atoms with Gasteiger partial charge in [-0.2, -0.15) is 0 Å². The normalized spacial score (nSPS) is 9.88. The number of esters is 1. The van der Waals surface area contributed by atoms with E-state index < -0.39 is 0 Å². The lowest BCUT2D eigenvalue weighted by atomic mass is 10.1. The van der Waals surface area contributed by atoms with Gasteiger partial charge < -0.3 is 4.74 Å². The van der Waals surface area contributed by atoms with E-state index in [-0.39, 0.29) is 12.6 Å². The summed E-state index contributed by atoms with van der Waals surface area (Å²) in [5, 5.41) is 0. The lowest BCUT2D eigenvalue weighted by molar-refractivity contribution is -0.143. The highest BCUT2D eigenvalue weighted by Crippen LogP contribution is 2.00. The molecule has 0 saturated carbocycles. The number of carbonyl (C=O) groups is 1. The van der Waals surface area contributed by atoms with E-state index in [0.29, 0.717) is 12.3 Å². The molecule has 0 aromatic carbocycles. The van der Waals surface area contributed by atoms with Crippen molar-refractivity contribution in [2.45, 2.75) is 27.2 Å². The molecule has 2 heteroatoms. The summed E-state index contributed by atoms with van der Waals surface area (Å²) in [5.41, 5.74) is 0. The van der Waals surface area contributed by atoms with Crippen LogP contribution in [0.25, 0.3) is 0 Å². The van der Waals surface area contributed by atoms with Gasteiger partial charge in [-0.1, -0.05) is 31.8 Å². The van der Waals surface area contributed by atoms with Crippen molar-refractivity contribution in [3.63, 3.8) is 0 Å². The molecule has 0 saturated heterocycles. The number of hydrogen-bond donors (Lipinski definition) is 0. The number of hydrogen-bond acceptors (Lipinski definition) is 2. The van der Waals surface area contributed by atoms with Crippen LogP contribution in [-0.4, -0.2) is 12.6 Å². The summed E-state index contributed by atoms with van der Waals surface area (Å²) in [4.78, 5) is 11.1. The standard InChI is InChI=1S/C15H18O2/c1-4-5-6-7-8-9-10-11-12-17-15(16)13-14(2)3/h4-5,10-11,14H,12-13H2,1-3H3. The quantitative estimate of drug-likeness (QED) is 0.548. The molecule has 0 rings (SSSR count).